The van der Waals surface area contributed by atoms with E-state index in [2.05, 4.69) is 38.1 Å². The van der Waals surface area contributed by atoms with E-state index in [4.69, 9.17) is 11.6 Å². The number of carbonyl (C=O) groups excluding carboxylic acids is 1. The summed E-state index contributed by atoms with van der Waals surface area (Å²) in [4.78, 5) is 29.5. The van der Waals surface area contributed by atoms with Crippen LogP contribution in [0.3, 0.4) is 0 Å². The highest BCUT2D eigenvalue weighted by molar-refractivity contribution is 7.14. The van der Waals surface area contributed by atoms with Crippen LogP contribution >= 0.6 is 22.9 Å². The molecule has 0 spiro atoms. The van der Waals surface area contributed by atoms with E-state index in [0.717, 1.165) is 33.2 Å². The molecule has 1 amide bonds. The summed E-state index contributed by atoms with van der Waals surface area (Å²) in [6.45, 7) is 4.76. The molecule has 0 bridgehead atoms. The molecule has 34 heavy (non-hydrogen) atoms. The molecule has 170 valence electrons. The van der Waals surface area contributed by atoms with Gasteiger partial charge in [0.2, 0.25) is 0 Å². The maximum Gasteiger partial charge on any atom is 0.278 e. The van der Waals surface area contributed by atoms with Gasteiger partial charge in [0.15, 0.2) is 10.8 Å². The molecule has 3 aromatic heterocycles. The monoisotopic (exact) mass is 489 g/mol. The second-order valence-electron chi connectivity index (χ2n) is 7.90. The Labute approximate surface area is 204 Å². The first-order valence-electron chi connectivity index (χ1n) is 10.6. The van der Waals surface area contributed by atoms with E-state index in [1.54, 1.807) is 24.3 Å². The van der Waals surface area contributed by atoms with Crippen LogP contribution in [0.4, 0.5) is 5.13 Å². The number of fused-ring (bicyclic) bond motifs is 1. The molecule has 0 unspecified atom stereocenters. The van der Waals surface area contributed by atoms with E-state index in [1.807, 2.05) is 36.6 Å². The van der Waals surface area contributed by atoms with Crippen LogP contribution in [0.25, 0.3) is 22.0 Å². The lowest BCUT2D eigenvalue weighted by Gasteiger charge is -2.11. The van der Waals surface area contributed by atoms with Gasteiger partial charge in [0.1, 0.15) is 0 Å². The van der Waals surface area contributed by atoms with Crippen molar-refractivity contribution in [2.24, 2.45) is 0 Å². The van der Waals surface area contributed by atoms with Gasteiger partial charge in [-0.15, -0.1) is 11.3 Å². The van der Waals surface area contributed by atoms with Gasteiger partial charge in [-0.05, 0) is 37.6 Å². The largest absolute Gasteiger partial charge is 0.344 e. The Hall–Kier alpha value is -3.75. The van der Waals surface area contributed by atoms with Crippen LogP contribution in [0.1, 0.15) is 27.4 Å². The molecule has 0 aliphatic heterocycles. The molecule has 3 heterocycles. The van der Waals surface area contributed by atoms with E-state index in [0.29, 0.717) is 22.4 Å². The highest BCUT2D eigenvalue weighted by Crippen LogP contribution is 2.31. The van der Waals surface area contributed by atoms with Crippen LogP contribution in [-0.4, -0.2) is 25.7 Å². The van der Waals surface area contributed by atoms with Crippen molar-refractivity contribution in [3.63, 3.8) is 0 Å². The van der Waals surface area contributed by atoms with Crippen molar-refractivity contribution in [3.05, 3.63) is 98.0 Å². The molecule has 0 radical (unpaired) electrons. The number of carbonyl (C=O) groups is 1. The molecule has 0 atom stereocenters. The molecule has 0 saturated carbocycles. The maximum atomic E-state index is 12.9. The van der Waals surface area contributed by atoms with E-state index in [1.165, 1.54) is 11.3 Å². The molecule has 5 aromatic rings. The Balaban J connectivity index is 1.41. The van der Waals surface area contributed by atoms with Crippen LogP contribution in [0.5, 0.6) is 0 Å². The van der Waals surface area contributed by atoms with Gasteiger partial charge >= 0.3 is 0 Å². The average molecular weight is 490 g/mol. The van der Waals surface area contributed by atoms with Crippen molar-refractivity contribution in [1.29, 1.82) is 0 Å². The van der Waals surface area contributed by atoms with Crippen LogP contribution in [0, 0.1) is 13.8 Å². The van der Waals surface area contributed by atoms with Gasteiger partial charge in [0, 0.05) is 39.3 Å². The summed E-state index contributed by atoms with van der Waals surface area (Å²) in [6.07, 6.45) is 0. The van der Waals surface area contributed by atoms with Crippen molar-refractivity contribution in [2.45, 2.75) is 20.4 Å². The molecule has 0 saturated heterocycles. The fourth-order valence-electron chi connectivity index (χ4n) is 4.00. The number of rotatable bonds is 5. The number of H-pyrrole nitrogens is 1. The molecular weight excluding hydrogens is 470 g/mol. The average Bonchev–Trinajstić information content (AvgIpc) is 3.40. The zero-order valence-corrected chi connectivity index (χ0v) is 20.0. The van der Waals surface area contributed by atoms with Gasteiger partial charge in [0.05, 0.1) is 11.1 Å². The van der Waals surface area contributed by atoms with Crippen LogP contribution in [0.2, 0.25) is 5.02 Å². The Morgan fingerprint density at radius 2 is 1.85 bits per heavy atom. The van der Waals surface area contributed by atoms with Crippen molar-refractivity contribution in [1.82, 2.24) is 19.7 Å². The molecular formula is C25H20ClN5O2S. The molecule has 5 rings (SSSR count). The number of thiazole rings is 1. The Morgan fingerprint density at radius 1 is 1.12 bits per heavy atom. The van der Waals surface area contributed by atoms with Gasteiger partial charge in [0.25, 0.3) is 11.5 Å². The van der Waals surface area contributed by atoms with Gasteiger partial charge < -0.3 is 4.57 Å². The quantitative estimate of drug-likeness (QED) is 0.345. The third-order valence-electron chi connectivity index (χ3n) is 5.77. The standard InChI is InChI=1S/C25H20ClN5O2S/c1-14-11-19(15(2)31(14)12-16-7-3-6-10-20(16)26)21-13-34-25(27-21)28-24(33)22-17-8-4-5-9-18(17)23(32)30-29-22/h3-11,13H,12H2,1-2H3,(H,30,32)(H,27,28,33). The summed E-state index contributed by atoms with van der Waals surface area (Å²) in [5.74, 6) is -0.433. The molecule has 9 heteroatoms. The highest BCUT2D eigenvalue weighted by atomic mass is 35.5. The normalized spacial score (nSPS) is 11.1. The van der Waals surface area contributed by atoms with Gasteiger partial charge in [-0.2, -0.15) is 5.10 Å². The summed E-state index contributed by atoms with van der Waals surface area (Å²) >= 11 is 7.69. The van der Waals surface area contributed by atoms with E-state index in [9.17, 15) is 9.59 Å². The minimum atomic E-state index is -0.433. The molecule has 0 aliphatic carbocycles. The lowest BCUT2D eigenvalue weighted by atomic mass is 10.1. The number of amides is 1. The van der Waals surface area contributed by atoms with Crippen molar-refractivity contribution in [3.8, 4) is 11.3 Å². The first-order valence-corrected chi connectivity index (χ1v) is 11.8. The minimum Gasteiger partial charge on any atom is -0.344 e. The first-order chi connectivity index (χ1) is 16.4. The summed E-state index contributed by atoms with van der Waals surface area (Å²) in [7, 11) is 0. The lowest BCUT2D eigenvalue weighted by molar-refractivity contribution is 0.102. The van der Waals surface area contributed by atoms with E-state index < -0.39 is 5.91 Å². The maximum absolute atomic E-state index is 12.9. The van der Waals surface area contributed by atoms with Crippen molar-refractivity contribution < 1.29 is 4.79 Å². The van der Waals surface area contributed by atoms with Gasteiger partial charge in [-0.25, -0.2) is 10.1 Å². The summed E-state index contributed by atoms with van der Waals surface area (Å²) < 4.78 is 2.20. The second kappa shape index (κ2) is 8.89. The molecule has 7 nitrogen and oxygen atoms in total. The zero-order valence-electron chi connectivity index (χ0n) is 18.4. The van der Waals surface area contributed by atoms with Gasteiger partial charge in [-0.1, -0.05) is 48.0 Å². The summed E-state index contributed by atoms with van der Waals surface area (Å²) in [6, 6.07) is 16.8. The SMILES string of the molecule is Cc1cc(-c2csc(NC(=O)c3n[nH]c(=O)c4ccccc34)n2)c(C)n1Cc1ccccc1Cl. The Morgan fingerprint density at radius 3 is 2.65 bits per heavy atom. The van der Waals surface area contributed by atoms with E-state index in [-0.39, 0.29) is 11.3 Å². The number of hydrogen-bond donors (Lipinski definition) is 2. The predicted octanol–water partition coefficient (Wildman–Crippen LogP) is 5.42. The number of halogens is 1. The predicted molar refractivity (Wildman–Crippen MR) is 136 cm³/mol. The fourth-order valence-corrected chi connectivity index (χ4v) is 4.90. The van der Waals surface area contributed by atoms with Gasteiger partial charge in [-0.3, -0.25) is 14.9 Å². The molecule has 2 aromatic carbocycles. The summed E-state index contributed by atoms with van der Waals surface area (Å²) in [5.41, 5.74) is 4.78. The zero-order chi connectivity index (χ0) is 23.8. The third-order valence-corrected chi connectivity index (χ3v) is 6.90. The topological polar surface area (TPSA) is 92.7 Å². The van der Waals surface area contributed by atoms with Crippen LogP contribution < -0.4 is 10.9 Å². The number of aryl methyl sites for hydroxylation is 1. The third kappa shape index (κ3) is 4.02. The smallest absolute Gasteiger partial charge is 0.278 e. The van der Waals surface area contributed by atoms with E-state index >= 15 is 0 Å². The lowest BCUT2D eigenvalue weighted by Crippen LogP contribution is -2.19. The molecule has 2 N–H and O–H groups in total. The van der Waals surface area contributed by atoms with Crippen LogP contribution in [0.15, 0.2) is 64.8 Å². The number of benzene rings is 2. The molecule has 0 fully saturated rings. The number of aromatic nitrogens is 4. The number of nitrogens with zero attached hydrogens (tertiary/aromatic N) is 3. The fraction of sp³-hybridized carbons (Fsp3) is 0.120. The van der Waals surface area contributed by atoms with Crippen molar-refractivity contribution in [2.75, 3.05) is 5.32 Å². The molecule has 0 aliphatic rings. The Bertz CT molecular complexity index is 1600. The number of hydrogen-bond acceptors (Lipinski definition) is 5. The first kappa shape index (κ1) is 22.1. The summed E-state index contributed by atoms with van der Waals surface area (Å²) in [5, 5.41) is 13.1. The minimum absolute atomic E-state index is 0.143. The number of aromatic amines is 1. The number of nitrogens with one attached hydrogen (secondary N) is 2. The Kier molecular flexibility index (Phi) is 5.77. The second-order valence-corrected chi connectivity index (χ2v) is 9.17. The van der Waals surface area contributed by atoms with Crippen LogP contribution in [-0.2, 0) is 6.54 Å². The van der Waals surface area contributed by atoms with Crippen molar-refractivity contribution >= 4 is 44.7 Å². The number of anilines is 1. The highest BCUT2D eigenvalue weighted by Gasteiger charge is 2.18.